The minimum Gasteiger partial charge on any atom is -0.347 e. The van der Waals surface area contributed by atoms with Gasteiger partial charge in [0.15, 0.2) is 0 Å². The first-order valence-corrected chi connectivity index (χ1v) is 5.77. The van der Waals surface area contributed by atoms with E-state index >= 15 is 0 Å². The van der Waals surface area contributed by atoms with Crippen molar-refractivity contribution in [2.45, 2.75) is 19.4 Å². The third-order valence-corrected chi connectivity index (χ3v) is 3.55. The van der Waals surface area contributed by atoms with E-state index in [1.165, 1.54) is 17.3 Å². The van der Waals surface area contributed by atoms with Crippen LogP contribution in [0.15, 0.2) is 18.2 Å². The highest BCUT2D eigenvalue weighted by Gasteiger charge is 2.19. The Kier molecular flexibility index (Phi) is 2.40. The Morgan fingerprint density at radius 2 is 2.18 bits per heavy atom. The van der Waals surface area contributed by atoms with Gasteiger partial charge >= 0.3 is 0 Å². The second kappa shape index (κ2) is 3.81. The molecule has 2 heterocycles. The molecule has 0 radical (unpaired) electrons. The Bertz CT molecular complexity index is 572. The third kappa shape index (κ3) is 1.55. The zero-order valence-electron chi connectivity index (χ0n) is 9.63. The molecule has 17 heavy (non-hydrogen) atoms. The van der Waals surface area contributed by atoms with Crippen LogP contribution < -0.4 is 5.32 Å². The van der Waals surface area contributed by atoms with E-state index in [9.17, 15) is 8.78 Å². The molecule has 0 bridgehead atoms. The van der Waals surface area contributed by atoms with Gasteiger partial charge in [0.1, 0.15) is 0 Å². The fraction of sp³-hybridized carbons (Fsp3) is 0.385. The molecule has 0 saturated heterocycles. The average molecular weight is 236 g/mol. The van der Waals surface area contributed by atoms with Crippen LogP contribution in [-0.4, -0.2) is 11.1 Å². The summed E-state index contributed by atoms with van der Waals surface area (Å²) in [6.45, 7) is 1.73. The molecule has 2 nitrogen and oxygen atoms in total. The Balaban J connectivity index is 2.28. The van der Waals surface area contributed by atoms with Crippen LogP contribution in [0.4, 0.5) is 8.78 Å². The van der Waals surface area contributed by atoms with Crippen molar-refractivity contribution >= 4 is 10.9 Å². The lowest BCUT2D eigenvalue weighted by Gasteiger charge is -2.14. The van der Waals surface area contributed by atoms with Gasteiger partial charge in [-0.05, 0) is 17.7 Å². The lowest BCUT2D eigenvalue weighted by molar-refractivity contribution is 0.151. The number of rotatable bonds is 1. The van der Waals surface area contributed by atoms with E-state index in [-0.39, 0.29) is 5.56 Å². The van der Waals surface area contributed by atoms with Gasteiger partial charge in [0, 0.05) is 48.7 Å². The summed E-state index contributed by atoms with van der Waals surface area (Å²) in [5.74, 6) is 0. The molecule has 1 aromatic carbocycles. The summed E-state index contributed by atoms with van der Waals surface area (Å²) >= 11 is 0. The van der Waals surface area contributed by atoms with Crippen LogP contribution in [0.3, 0.4) is 0 Å². The van der Waals surface area contributed by atoms with Crippen molar-refractivity contribution in [1.82, 2.24) is 9.88 Å². The Morgan fingerprint density at radius 3 is 2.94 bits per heavy atom. The van der Waals surface area contributed by atoms with Crippen molar-refractivity contribution < 1.29 is 8.78 Å². The SMILES string of the molecule is Cn1c2c(c3cc(C(F)F)ccc31)CNCC2. The van der Waals surface area contributed by atoms with E-state index in [1.807, 2.05) is 7.05 Å². The molecule has 0 atom stereocenters. The molecule has 0 spiro atoms. The summed E-state index contributed by atoms with van der Waals surface area (Å²) in [6.07, 6.45) is -1.43. The van der Waals surface area contributed by atoms with Crippen LogP contribution in [0.2, 0.25) is 0 Å². The maximum Gasteiger partial charge on any atom is 0.263 e. The van der Waals surface area contributed by atoms with Crippen LogP contribution in [-0.2, 0) is 20.0 Å². The predicted molar refractivity (Wildman–Crippen MR) is 63.3 cm³/mol. The van der Waals surface area contributed by atoms with E-state index in [1.54, 1.807) is 12.1 Å². The lowest BCUT2D eigenvalue weighted by Crippen LogP contribution is -2.24. The number of halogens is 2. The van der Waals surface area contributed by atoms with Crippen LogP contribution in [0.25, 0.3) is 10.9 Å². The summed E-state index contributed by atoms with van der Waals surface area (Å²) in [6, 6.07) is 4.95. The number of hydrogen-bond donors (Lipinski definition) is 1. The van der Waals surface area contributed by atoms with Gasteiger partial charge in [-0.2, -0.15) is 0 Å². The van der Waals surface area contributed by atoms with Gasteiger partial charge in [0.25, 0.3) is 6.43 Å². The molecule has 0 unspecified atom stereocenters. The van der Waals surface area contributed by atoms with Gasteiger partial charge in [-0.25, -0.2) is 8.78 Å². The van der Waals surface area contributed by atoms with Crippen molar-refractivity contribution in [3.05, 3.63) is 35.0 Å². The van der Waals surface area contributed by atoms with Crippen LogP contribution in [0.1, 0.15) is 23.2 Å². The number of alkyl halides is 2. The summed E-state index contributed by atoms with van der Waals surface area (Å²) in [7, 11) is 2.01. The lowest BCUT2D eigenvalue weighted by atomic mass is 10.0. The monoisotopic (exact) mass is 236 g/mol. The summed E-state index contributed by atoms with van der Waals surface area (Å²) in [5, 5.41) is 4.26. The normalized spacial score (nSPS) is 15.5. The van der Waals surface area contributed by atoms with E-state index in [0.29, 0.717) is 0 Å². The van der Waals surface area contributed by atoms with Crippen molar-refractivity contribution in [2.24, 2.45) is 7.05 Å². The number of nitrogens with zero attached hydrogens (tertiary/aromatic N) is 1. The number of benzene rings is 1. The maximum atomic E-state index is 12.7. The molecule has 1 aromatic heterocycles. The highest BCUT2D eigenvalue weighted by molar-refractivity contribution is 5.86. The molecule has 0 aliphatic carbocycles. The second-order valence-corrected chi connectivity index (χ2v) is 4.49. The first-order chi connectivity index (χ1) is 8.18. The minimum absolute atomic E-state index is 0.108. The van der Waals surface area contributed by atoms with E-state index in [2.05, 4.69) is 9.88 Å². The summed E-state index contributed by atoms with van der Waals surface area (Å²) < 4.78 is 27.5. The smallest absolute Gasteiger partial charge is 0.263 e. The zero-order chi connectivity index (χ0) is 12.0. The highest BCUT2D eigenvalue weighted by Crippen LogP contribution is 2.31. The Labute approximate surface area is 98.2 Å². The molecular weight excluding hydrogens is 222 g/mol. The second-order valence-electron chi connectivity index (χ2n) is 4.49. The predicted octanol–water partition coefficient (Wildman–Crippen LogP) is 2.76. The molecule has 0 fully saturated rings. The topological polar surface area (TPSA) is 17.0 Å². The fourth-order valence-corrected chi connectivity index (χ4v) is 2.66. The quantitative estimate of drug-likeness (QED) is 0.805. The van der Waals surface area contributed by atoms with Crippen molar-refractivity contribution in [2.75, 3.05) is 6.54 Å². The minimum atomic E-state index is -2.40. The van der Waals surface area contributed by atoms with Crippen LogP contribution in [0.5, 0.6) is 0 Å². The van der Waals surface area contributed by atoms with Crippen molar-refractivity contribution in [3.8, 4) is 0 Å². The van der Waals surface area contributed by atoms with Gasteiger partial charge in [0.2, 0.25) is 0 Å². The Morgan fingerprint density at radius 1 is 1.35 bits per heavy atom. The van der Waals surface area contributed by atoms with Gasteiger partial charge < -0.3 is 9.88 Å². The molecule has 4 heteroatoms. The number of hydrogen-bond acceptors (Lipinski definition) is 1. The molecular formula is C13H14F2N2. The number of fused-ring (bicyclic) bond motifs is 3. The standard InChI is InChI=1S/C13H14F2N2/c1-17-11-3-2-8(13(14)15)6-9(11)10-7-16-5-4-12(10)17/h2-3,6,13,16H,4-5,7H2,1H3. The van der Waals surface area contributed by atoms with Crippen LogP contribution >= 0.6 is 0 Å². The largest absolute Gasteiger partial charge is 0.347 e. The van der Waals surface area contributed by atoms with Gasteiger partial charge in [-0.1, -0.05) is 6.07 Å². The Hall–Kier alpha value is -1.42. The molecule has 1 aliphatic rings. The number of aryl methyl sites for hydroxylation is 1. The molecule has 3 rings (SSSR count). The molecule has 1 N–H and O–H groups in total. The van der Waals surface area contributed by atoms with Gasteiger partial charge in [-0.3, -0.25) is 0 Å². The number of aromatic nitrogens is 1. The molecule has 1 aliphatic heterocycles. The first kappa shape index (κ1) is 10.7. The highest BCUT2D eigenvalue weighted by atomic mass is 19.3. The van der Waals surface area contributed by atoms with Gasteiger partial charge in [-0.15, -0.1) is 0 Å². The molecule has 90 valence electrons. The molecule has 0 amide bonds. The van der Waals surface area contributed by atoms with Crippen LogP contribution in [0, 0.1) is 0 Å². The van der Waals surface area contributed by atoms with Crippen molar-refractivity contribution in [1.29, 1.82) is 0 Å². The van der Waals surface area contributed by atoms with E-state index in [0.717, 1.165) is 30.4 Å². The zero-order valence-corrected chi connectivity index (χ0v) is 9.63. The van der Waals surface area contributed by atoms with Gasteiger partial charge in [0.05, 0.1) is 0 Å². The maximum absolute atomic E-state index is 12.7. The first-order valence-electron chi connectivity index (χ1n) is 5.77. The van der Waals surface area contributed by atoms with E-state index < -0.39 is 6.43 Å². The molecule has 0 saturated carbocycles. The summed E-state index contributed by atoms with van der Waals surface area (Å²) in [4.78, 5) is 0. The average Bonchev–Trinajstić information content (AvgIpc) is 2.64. The number of nitrogens with one attached hydrogen (secondary N) is 1. The van der Waals surface area contributed by atoms with E-state index in [4.69, 9.17) is 0 Å². The molecule has 2 aromatic rings. The van der Waals surface area contributed by atoms with Crippen molar-refractivity contribution in [3.63, 3.8) is 0 Å². The summed E-state index contributed by atoms with van der Waals surface area (Å²) in [5.41, 5.74) is 3.60. The third-order valence-electron chi connectivity index (χ3n) is 3.55. The fourth-order valence-electron chi connectivity index (χ4n) is 2.66.